The zero-order valence-electron chi connectivity index (χ0n) is 14.1. The van der Waals surface area contributed by atoms with Gasteiger partial charge in [-0.3, -0.25) is 4.90 Å². The molecule has 2 aliphatic heterocycles. The van der Waals surface area contributed by atoms with E-state index in [1.807, 2.05) is 0 Å². The van der Waals surface area contributed by atoms with Crippen LogP contribution in [0.5, 0.6) is 0 Å². The minimum Gasteiger partial charge on any atom is -0.361 e. The summed E-state index contributed by atoms with van der Waals surface area (Å²) >= 11 is 0. The van der Waals surface area contributed by atoms with Crippen LogP contribution in [0.3, 0.4) is 0 Å². The number of ether oxygens (including phenoxy) is 1. The molecule has 2 heterocycles. The molecule has 0 spiro atoms. The lowest BCUT2D eigenvalue weighted by molar-refractivity contribution is 0.00589. The summed E-state index contributed by atoms with van der Waals surface area (Å²) < 4.78 is 6.26. The minimum atomic E-state index is 0.144. The topological polar surface area (TPSA) is 12.5 Å². The van der Waals surface area contributed by atoms with Crippen molar-refractivity contribution in [3.8, 4) is 0 Å². The van der Waals surface area contributed by atoms with Crippen LogP contribution in [-0.2, 0) is 11.2 Å². The van der Waals surface area contributed by atoms with E-state index >= 15 is 0 Å². The van der Waals surface area contributed by atoms with Gasteiger partial charge in [0, 0.05) is 6.42 Å². The fraction of sp³-hybridized carbons (Fsp3) is 0.217. The van der Waals surface area contributed by atoms with Crippen LogP contribution >= 0.6 is 0 Å². The molecule has 0 aromatic heterocycles. The van der Waals surface area contributed by atoms with Crippen molar-refractivity contribution >= 4 is 0 Å². The summed E-state index contributed by atoms with van der Waals surface area (Å²) in [4.78, 5) is 2.58. The number of nitrogens with zero attached hydrogens (tertiary/aromatic N) is 1. The number of hydrogen-bond acceptors (Lipinski definition) is 2. The third-order valence-corrected chi connectivity index (χ3v) is 5.48. The molecular formula is C23H21NO. The van der Waals surface area contributed by atoms with E-state index in [0.717, 1.165) is 13.0 Å². The van der Waals surface area contributed by atoms with Gasteiger partial charge in [-0.25, -0.2) is 0 Å². The van der Waals surface area contributed by atoms with E-state index in [1.54, 1.807) is 0 Å². The van der Waals surface area contributed by atoms with Crippen LogP contribution in [0.15, 0.2) is 84.9 Å². The molecule has 124 valence electrons. The maximum Gasteiger partial charge on any atom is 0.116 e. The number of benzene rings is 3. The molecule has 0 aliphatic carbocycles. The van der Waals surface area contributed by atoms with Gasteiger partial charge in [0.05, 0.1) is 18.7 Å². The Morgan fingerprint density at radius 1 is 0.720 bits per heavy atom. The van der Waals surface area contributed by atoms with Crippen molar-refractivity contribution < 1.29 is 4.74 Å². The number of rotatable bonds is 2. The van der Waals surface area contributed by atoms with E-state index in [2.05, 4.69) is 89.8 Å². The van der Waals surface area contributed by atoms with E-state index < -0.39 is 0 Å². The molecule has 2 aliphatic rings. The standard InChI is InChI=1S/C23H21NO/c1-3-9-17(10-4-1)21-16-25-22-15-19-13-7-8-14-20(19)23(24(21)22)18-11-5-2-6-12-18/h1-14,21-23H,15-16H2/t21-,22-,23-/m0/s1. The highest BCUT2D eigenvalue weighted by Crippen LogP contribution is 2.46. The van der Waals surface area contributed by atoms with Crippen molar-refractivity contribution in [3.63, 3.8) is 0 Å². The predicted octanol–water partition coefficient (Wildman–Crippen LogP) is 4.73. The van der Waals surface area contributed by atoms with Crippen LogP contribution in [-0.4, -0.2) is 17.7 Å². The van der Waals surface area contributed by atoms with Gasteiger partial charge in [-0.15, -0.1) is 0 Å². The van der Waals surface area contributed by atoms with Gasteiger partial charge in [0.25, 0.3) is 0 Å². The Bertz CT molecular complexity index is 862. The van der Waals surface area contributed by atoms with Gasteiger partial charge in [-0.2, -0.15) is 0 Å². The van der Waals surface area contributed by atoms with Crippen molar-refractivity contribution in [2.24, 2.45) is 0 Å². The van der Waals surface area contributed by atoms with Crippen molar-refractivity contribution in [1.82, 2.24) is 4.90 Å². The summed E-state index contributed by atoms with van der Waals surface area (Å²) in [6, 6.07) is 31.0. The van der Waals surface area contributed by atoms with Crippen LogP contribution < -0.4 is 0 Å². The van der Waals surface area contributed by atoms with E-state index in [1.165, 1.54) is 22.3 Å². The van der Waals surface area contributed by atoms with Crippen molar-refractivity contribution in [1.29, 1.82) is 0 Å². The van der Waals surface area contributed by atoms with Gasteiger partial charge in [0.15, 0.2) is 0 Å². The molecule has 0 N–H and O–H groups in total. The highest BCUT2D eigenvalue weighted by Gasteiger charge is 2.44. The normalized spacial score (nSPS) is 25.4. The Kier molecular flexibility index (Phi) is 3.66. The summed E-state index contributed by atoms with van der Waals surface area (Å²) in [5, 5.41) is 0. The van der Waals surface area contributed by atoms with E-state index in [0.29, 0.717) is 6.04 Å². The predicted molar refractivity (Wildman–Crippen MR) is 99.2 cm³/mol. The number of fused-ring (bicyclic) bond motifs is 2. The van der Waals surface area contributed by atoms with Crippen LogP contribution in [0.25, 0.3) is 0 Å². The van der Waals surface area contributed by atoms with Gasteiger partial charge < -0.3 is 4.74 Å². The maximum atomic E-state index is 6.26. The van der Waals surface area contributed by atoms with E-state index in [9.17, 15) is 0 Å². The molecule has 0 saturated carbocycles. The highest BCUT2D eigenvalue weighted by atomic mass is 16.5. The first-order valence-electron chi connectivity index (χ1n) is 8.98. The number of hydrogen-bond donors (Lipinski definition) is 0. The second-order valence-corrected chi connectivity index (χ2v) is 6.88. The second kappa shape index (κ2) is 6.14. The Hall–Kier alpha value is -2.42. The molecular weight excluding hydrogens is 306 g/mol. The fourth-order valence-electron chi connectivity index (χ4n) is 4.35. The summed E-state index contributed by atoms with van der Waals surface area (Å²) in [6.07, 6.45) is 1.10. The quantitative estimate of drug-likeness (QED) is 0.674. The molecule has 0 amide bonds. The molecule has 3 atom stereocenters. The zero-order chi connectivity index (χ0) is 16.6. The largest absolute Gasteiger partial charge is 0.361 e. The first kappa shape index (κ1) is 14.9. The van der Waals surface area contributed by atoms with Crippen LogP contribution in [0, 0.1) is 0 Å². The lowest BCUT2D eigenvalue weighted by Crippen LogP contribution is -2.41. The van der Waals surface area contributed by atoms with Crippen molar-refractivity contribution in [3.05, 3.63) is 107 Å². The average molecular weight is 327 g/mol. The molecule has 1 saturated heterocycles. The maximum absolute atomic E-state index is 6.26. The van der Waals surface area contributed by atoms with Gasteiger partial charge >= 0.3 is 0 Å². The summed E-state index contributed by atoms with van der Waals surface area (Å²) in [6.45, 7) is 0.756. The van der Waals surface area contributed by atoms with E-state index in [4.69, 9.17) is 4.74 Å². The molecule has 0 bridgehead atoms. The van der Waals surface area contributed by atoms with E-state index in [-0.39, 0.29) is 12.3 Å². The molecule has 25 heavy (non-hydrogen) atoms. The Labute approximate surface area is 148 Å². The van der Waals surface area contributed by atoms with Crippen LogP contribution in [0.4, 0.5) is 0 Å². The lowest BCUT2D eigenvalue weighted by Gasteiger charge is -2.41. The molecule has 3 aromatic rings. The second-order valence-electron chi connectivity index (χ2n) is 6.88. The molecule has 3 aromatic carbocycles. The Balaban J connectivity index is 1.65. The molecule has 0 radical (unpaired) electrons. The summed E-state index contributed by atoms with van der Waals surface area (Å²) in [5.74, 6) is 0. The smallest absolute Gasteiger partial charge is 0.116 e. The SMILES string of the molecule is c1ccc([C@H]2c3ccccc3C[C@@H]3OC[C@@H](c4ccccc4)N23)cc1. The highest BCUT2D eigenvalue weighted by molar-refractivity contribution is 5.41. The van der Waals surface area contributed by atoms with Crippen LogP contribution in [0.1, 0.15) is 34.3 Å². The zero-order valence-corrected chi connectivity index (χ0v) is 14.1. The monoisotopic (exact) mass is 327 g/mol. The van der Waals surface area contributed by atoms with Crippen molar-refractivity contribution in [2.45, 2.75) is 24.7 Å². The first-order chi connectivity index (χ1) is 12.4. The average Bonchev–Trinajstić information content (AvgIpc) is 3.11. The molecule has 2 nitrogen and oxygen atoms in total. The fourth-order valence-corrected chi connectivity index (χ4v) is 4.35. The summed E-state index contributed by atoms with van der Waals surface area (Å²) in [7, 11) is 0. The van der Waals surface area contributed by atoms with Gasteiger partial charge in [0.1, 0.15) is 6.23 Å². The lowest BCUT2D eigenvalue weighted by atomic mass is 9.86. The van der Waals surface area contributed by atoms with Gasteiger partial charge in [0.2, 0.25) is 0 Å². The minimum absolute atomic E-state index is 0.144. The molecule has 0 unspecified atom stereocenters. The molecule has 2 heteroatoms. The van der Waals surface area contributed by atoms with Crippen molar-refractivity contribution in [2.75, 3.05) is 6.61 Å². The third-order valence-electron chi connectivity index (χ3n) is 5.48. The molecule has 5 rings (SSSR count). The first-order valence-corrected chi connectivity index (χ1v) is 8.98. The third kappa shape index (κ3) is 2.50. The Morgan fingerprint density at radius 2 is 1.36 bits per heavy atom. The van der Waals surface area contributed by atoms with Gasteiger partial charge in [-0.1, -0.05) is 84.9 Å². The Morgan fingerprint density at radius 3 is 2.12 bits per heavy atom. The molecule has 1 fully saturated rings. The summed E-state index contributed by atoms with van der Waals surface area (Å²) in [5.41, 5.74) is 5.50. The van der Waals surface area contributed by atoms with Crippen LogP contribution in [0.2, 0.25) is 0 Å². The van der Waals surface area contributed by atoms with Gasteiger partial charge in [-0.05, 0) is 22.3 Å².